The summed E-state index contributed by atoms with van der Waals surface area (Å²) in [5.41, 5.74) is 2.01. The number of rotatable bonds is 6. The number of nitro benzene ring substituents is 1. The van der Waals surface area contributed by atoms with Crippen LogP contribution in [0.5, 0.6) is 0 Å². The van der Waals surface area contributed by atoms with Crippen LogP contribution in [0.25, 0.3) is 0 Å². The Kier molecular flexibility index (Phi) is 8.68. The third-order valence-corrected chi connectivity index (χ3v) is 7.25. The maximum Gasteiger partial charge on any atom is 0.293 e. The largest absolute Gasteiger partial charge is 0.367 e. The van der Waals surface area contributed by atoms with Gasteiger partial charge in [-0.3, -0.25) is 25.0 Å². The van der Waals surface area contributed by atoms with Crippen molar-refractivity contribution in [1.82, 2.24) is 10.2 Å². The Labute approximate surface area is 232 Å². The van der Waals surface area contributed by atoms with Crippen LogP contribution in [0.1, 0.15) is 37.0 Å². The van der Waals surface area contributed by atoms with Crippen molar-refractivity contribution in [2.75, 3.05) is 54.4 Å². The van der Waals surface area contributed by atoms with Gasteiger partial charge in [0.15, 0.2) is 5.11 Å². The summed E-state index contributed by atoms with van der Waals surface area (Å²) >= 11 is 11.8. The lowest BCUT2D eigenvalue weighted by atomic mass is 10.1. The Morgan fingerprint density at radius 2 is 1.61 bits per heavy atom. The number of anilines is 3. The van der Waals surface area contributed by atoms with Gasteiger partial charge in [-0.2, -0.15) is 0 Å². The number of thiocarbonyl (C=S) groups is 1. The number of nitrogens with one attached hydrogen (secondary N) is 2. The number of piperazine rings is 1. The second kappa shape index (κ2) is 12.0. The Bertz CT molecular complexity index is 1240. The number of carbonyl (C=O) groups is 2. The minimum Gasteiger partial charge on any atom is -0.367 e. The number of benzene rings is 2. The maximum absolute atomic E-state index is 12.8. The van der Waals surface area contributed by atoms with Gasteiger partial charge in [-0.05, 0) is 55.4 Å². The molecule has 0 bridgehead atoms. The summed E-state index contributed by atoms with van der Waals surface area (Å²) in [6.45, 7) is 7.97. The summed E-state index contributed by atoms with van der Waals surface area (Å²) in [5.74, 6) is -0.415. The molecule has 2 aliphatic heterocycles. The lowest BCUT2D eigenvalue weighted by Gasteiger charge is -2.37. The van der Waals surface area contributed by atoms with Gasteiger partial charge in [0.05, 0.1) is 15.6 Å². The van der Waals surface area contributed by atoms with Gasteiger partial charge in [0, 0.05) is 62.5 Å². The van der Waals surface area contributed by atoms with Gasteiger partial charge in [0.2, 0.25) is 5.91 Å². The molecule has 2 amide bonds. The molecule has 4 rings (SSSR count). The molecule has 10 nitrogen and oxygen atoms in total. The Morgan fingerprint density at radius 3 is 2.21 bits per heavy atom. The summed E-state index contributed by atoms with van der Waals surface area (Å²) in [6.07, 6.45) is 1.97. The lowest BCUT2D eigenvalue weighted by molar-refractivity contribution is -0.384. The molecule has 0 aliphatic carbocycles. The van der Waals surface area contributed by atoms with Crippen molar-refractivity contribution in [3.05, 3.63) is 57.1 Å². The van der Waals surface area contributed by atoms with E-state index in [0.29, 0.717) is 42.6 Å². The molecule has 0 unspecified atom stereocenters. The molecule has 0 atom stereocenters. The molecule has 0 aromatic heterocycles. The smallest absolute Gasteiger partial charge is 0.293 e. The van der Waals surface area contributed by atoms with Crippen molar-refractivity contribution in [2.24, 2.45) is 5.92 Å². The van der Waals surface area contributed by atoms with E-state index in [-0.39, 0.29) is 28.2 Å². The fourth-order valence-electron chi connectivity index (χ4n) is 4.75. The summed E-state index contributed by atoms with van der Waals surface area (Å²) in [7, 11) is 0. The molecule has 2 heterocycles. The van der Waals surface area contributed by atoms with Gasteiger partial charge >= 0.3 is 0 Å². The van der Waals surface area contributed by atoms with E-state index >= 15 is 0 Å². The molecular formula is C26H31ClN6O4S. The highest BCUT2D eigenvalue weighted by atomic mass is 35.5. The molecular weight excluding hydrogens is 528 g/mol. The highest BCUT2D eigenvalue weighted by molar-refractivity contribution is 7.80. The Morgan fingerprint density at radius 1 is 0.974 bits per heavy atom. The number of nitro groups is 1. The number of amides is 2. The van der Waals surface area contributed by atoms with E-state index in [4.69, 9.17) is 23.8 Å². The van der Waals surface area contributed by atoms with E-state index in [9.17, 15) is 19.7 Å². The monoisotopic (exact) mass is 558 g/mol. The highest BCUT2D eigenvalue weighted by Gasteiger charge is 2.25. The first kappa shape index (κ1) is 27.6. The third-order valence-electron chi connectivity index (χ3n) is 6.74. The van der Waals surface area contributed by atoms with Crippen molar-refractivity contribution in [3.8, 4) is 0 Å². The van der Waals surface area contributed by atoms with Crippen molar-refractivity contribution in [1.29, 1.82) is 0 Å². The van der Waals surface area contributed by atoms with Gasteiger partial charge < -0.3 is 20.0 Å². The fourth-order valence-corrected chi connectivity index (χ4v) is 5.26. The van der Waals surface area contributed by atoms with Crippen LogP contribution in [0.15, 0.2) is 36.4 Å². The van der Waals surface area contributed by atoms with Crippen molar-refractivity contribution < 1.29 is 14.5 Å². The normalized spacial score (nSPS) is 15.5. The third kappa shape index (κ3) is 6.33. The molecule has 2 aliphatic rings. The molecule has 38 heavy (non-hydrogen) atoms. The van der Waals surface area contributed by atoms with E-state index in [1.165, 1.54) is 6.07 Å². The van der Waals surface area contributed by atoms with Gasteiger partial charge in [-0.25, -0.2) is 0 Å². The van der Waals surface area contributed by atoms with Crippen LogP contribution < -0.4 is 20.4 Å². The van der Waals surface area contributed by atoms with Crippen molar-refractivity contribution in [2.45, 2.75) is 26.7 Å². The van der Waals surface area contributed by atoms with Crippen LogP contribution >= 0.6 is 23.8 Å². The summed E-state index contributed by atoms with van der Waals surface area (Å²) < 4.78 is 0. The van der Waals surface area contributed by atoms with E-state index in [1.807, 2.05) is 29.7 Å². The maximum atomic E-state index is 12.8. The minimum atomic E-state index is -0.546. The molecule has 12 heteroatoms. The molecule has 2 aromatic carbocycles. The summed E-state index contributed by atoms with van der Waals surface area (Å²) in [4.78, 5) is 42.1. The molecule has 2 aromatic rings. The lowest BCUT2D eigenvalue weighted by Crippen LogP contribution is -2.50. The minimum absolute atomic E-state index is 0.0239. The van der Waals surface area contributed by atoms with Crippen LogP contribution in [0.4, 0.5) is 22.7 Å². The zero-order chi connectivity index (χ0) is 27.4. The predicted octanol–water partition coefficient (Wildman–Crippen LogP) is 4.28. The molecule has 0 spiro atoms. The average molecular weight is 559 g/mol. The molecule has 0 saturated carbocycles. The van der Waals surface area contributed by atoms with Crippen LogP contribution in [0.3, 0.4) is 0 Å². The van der Waals surface area contributed by atoms with E-state index in [0.717, 1.165) is 31.6 Å². The van der Waals surface area contributed by atoms with Crippen LogP contribution in [-0.4, -0.2) is 66.0 Å². The van der Waals surface area contributed by atoms with E-state index < -0.39 is 10.8 Å². The summed E-state index contributed by atoms with van der Waals surface area (Å²) in [5, 5.41) is 17.7. The van der Waals surface area contributed by atoms with Crippen molar-refractivity contribution >= 4 is 63.5 Å². The van der Waals surface area contributed by atoms with Gasteiger partial charge in [0.1, 0.15) is 5.69 Å². The van der Waals surface area contributed by atoms with Gasteiger partial charge in [-0.1, -0.05) is 25.4 Å². The second-order valence-corrected chi connectivity index (χ2v) is 10.5. The van der Waals surface area contributed by atoms with Crippen LogP contribution in [0, 0.1) is 16.0 Å². The summed E-state index contributed by atoms with van der Waals surface area (Å²) in [6, 6.07) is 9.86. The quantitative estimate of drug-likeness (QED) is 0.307. The Hall–Kier alpha value is -3.44. The van der Waals surface area contributed by atoms with Gasteiger partial charge in [0.25, 0.3) is 11.6 Å². The number of nitrogens with zero attached hydrogens (tertiary/aromatic N) is 4. The SMILES string of the molecule is CC(C)C(=O)N1CCN(c2ccc(NC(=S)NC(=O)c3ccc(N4CCCC4)c([N+](=O)[O-])c3)cc2Cl)CC1. The fraction of sp³-hybridized carbons (Fsp3) is 0.423. The molecule has 2 fully saturated rings. The Balaban J connectivity index is 1.36. The van der Waals surface area contributed by atoms with E-state index in [1.54, 1.807) is 24.3 Å². The van der Waals surface area contributed by atoms with Crippen molar-refractivity contribution in [3.63, 3.8) is 0 Å². The molecule has 202 valence electrons. The van der Waals surface area contributed by atoms with Crippen LogP contribution in [0.2, 0.25) is 5.02 Å². The molecule has 2 N–H and O–H groups in total. The number of hydrogen-bond donors (Lipinski definition) is 2. The predicted molar refractivity (Wildman–Crippen MR) is 153 cm³/mol. The zero-order valence-electron chi connectivity index (χ0n) is 21.4. The van der Waals surface area contributed by atoms with Gasteiger partial charge in [-0.15, -0.1) is 0 Å². The topological polar surface area (TPSA) is 111 Å². The second-order valence-electron chi connectivity index (χ2n) is 9.70. The molecule has 0 radical (unpaired) electrons. The number of hydrogen-bond acceptors (Lipinski definition) is 7. The highest BCUT2D eigenvalue weighted by Crippen LogP contribution is 2.32. The average Bonchev–Trinajstić information content (AvgIpc) is 3.43. The zero-order valence-corrected chi connectivity index (χ0v) is 23.0. The number of carbonyl (C=O) groups excluding carboxylic acids is 2. The first-order valence-electron chi connectivity index (χ1n) is 12.6. The van der Waals surface area contributed by atoms with E-state index in [2.05, 4.69) is 15.5 Å². The van der Waals surface area contributed by atoms with Crippen LogP contribution in [-0.2, 0) is 4.79 Å². The molecule has 2 saturated heterocycles. The first-order chi connectivity index (χ1) is 18.1. The standard InChI is InChI=1S/C26H31ClN6O4S/c1-17(2)25(35)32-13-11-31(12-14-32)21-8-6-19(16-20(21)27)28-26(38)29-24(34)18-5-7-22(23(15-18)33(36)37)30-9-3-4-10-30/h5-8,15-17H,3-4,9-14H2,1-2H3,(H2,28,29,34,38). The first-order valence-corrected chi connectivity index (χ1v) is 13.4. The number of halogens is 1.